The third-order valence-corrected chi connectivity index (χ3v) is 15.9. The van der Waals surface area contributed by atoms with Gasteiger partial charge in [-0.15, -0.1) is 0 Å². The van der Waals surface area contributed by atoms with Crippen molar-refractivity contribution < 1.29 is 26.4 Å². The summed E-state index contributed by atoms with van der Waals surface area (Å²) in [5.74, 6) is 0.592. The first kappa shape index (κ1) is 40.4. The van der Waals surface area contributed by atoms with Crippen LogP contribution in [-0.4, -0.2) is 94.1 Å². The summed E-state index contributed by atoms with van der Waals surface area (Å²) in [4.78, 5) is 47.3. The lowest BCUT2D eigenvalue weighted by atomic mass is 10.0. The highest BCUT2D eigenvalue weighted by Gasteiger charge is 2.44. The molecule has 2 aliphatic heterocycles. The maximum Gasteiger partial charge on any atom is 0.241 e. The molecule has 4 atom stereocenters. The third kappa shape index (κ3) is 8.38. The van der Waals surface area contributed by atoms with Crippen LogP contribution in [-0.2, 0) is 29.6 Å². The van der Waals surface area contributed by atoms with Crippen molar-refractivity contribution in [2.75, 3.05) is 13.1 Å². The van der Waals surface area contributed by atoms with Crippen molar-refractivity contribution in [3.63, 3.8) is 0 Å². The molecule has 14 nitrogen and oxygen atoms in total. The molecular weight excluding hydrogens is 777 g/mol. The number of likely N-dealkylation sites (tertiary alicyclic amines) is 2. The van der Waals surface area contributed by atoms with E-state index in [0.717, 1.165) is 59.3 Å². The fourth-order valence-electron chi connectivity index (χ4n) is 8.22. The van der Waals surface area contributed by atoms with Gasteiger partial charge in [0.1, 0.15) is 23.7 Å². The van der Waals surface area contributed by atoms with Gasteiger partial charge in [0.25, 0.3) is 0 Å². The molecule has 2 aromatic heterocycles. The van der Waals surface area contributed by atoms with Crippen LogP contribution >= 0.6 is 0 Å². The zero-order valence-corrected chi connectivity index (χ0v) is 35.2. The van der Waals surface area contributed by atoms with Crippen molar-refractivity contribution in [1.29, 1.82) is 0 Å². The predicted octanol–water partition coefficient (Wildman–Crippen LogP) is 5.67. The molecule has 8 rings (SSSR count). The highest BCUT2D eigenvalue weighted by atomic mass is 32.2. The highest BCUT2D eigenvalue weighted by molar-refractivity contribution is 7.90. The molecule has 0 bridgehead atoms. The van der Waals surface area contributed by atoms with Crippen molar-refractivity contribution in [3.05, 3.63) is 72.6 Å². The van der Waals surface area contributed by atoms with E-state index in [4.69, 9.17) is 0 Å². The lowest BCUT2D eigenvalue weighted by molar-refractivity contribution is -0.135. The van der Waals surface area contributed by atoms with Gasteiger partial charge in [0.05, 0.1) is 46.4 Å². The van der Waals surface area contributed by atoms with Gasteiger partial charge in [0.15, 0.2) is 0 Å². The summed E-state index contributed by atoms with van der Waals surface area (Å²) in [7, 11) is -7.05. The van der Waals surface area contributed by atoms with E-state index in [1.807, 2.05) is 52.0 Å². The number of hydrogen-bond acceptors (Lipinski definition) is 8. The molecular formula is C42H54N8O6S2. The number of hydrogen-bond donors (Lipinski definition) is 4. The fraction of sp³-hybridized carbons (Fsp3) is 0.524. The van der Waals surface area contributed by atoms with Crippen LogP contribution in [0.15, 0.2) is 60.9 Å². The Morgan fingerprint density at radius 3 is 1.26 bits per heavy atom. The summed E-state index contributed by atoms with van der Waals surface area (Å²) in [5.41, 5.74) is 5.66. The summed E-state index contributed by atoms with van der Waals surface area (Å²) >= 11 is 0. The van der Waals surface area contributed by atoms with Crippen LogP contribution in [0.25, 0.3) is 33.6 Å². The Morgan fingerprint density at radius 2 is 0.931 bits per heavy atom. The maximum absolute atomic E-state index is 13.7. The number of sulfonamides is 2. The van der Waals surface area contributed by atoms with Crippen LogP contribution < -0.4 is 9.44 Å². The van der Waals surface area contributed by atoms with Crippen molar-refractivity contribution in [3.8, 4) is 33.6 Å². The average Bonchev–Trinajstić information content (AvgIpc) is 3.99. The number of rotatable bonds is 15. The van der Waals surface area contributed by atoms with E-state index in [0.29, 0.717) is 50.4 Å². The lowest BCUT2D eigenvalue weighted by Crippen LogP contribution is -2.51. The molecule has 2 aliphatic carbocycles. The zero-order valence-electron chi connectivity index (χ0n) is 33.5. The maximum atomic E-state index is 13.7. The van der Waals surface area contributed by atoms with Gasteiger partial charge >= 0.3 is 0 Å². The van der Waals surface area contributed by atoms with Gasteiger partial charge in [-0.1, -0.05) is 76.2 Å². The van der Waals surface area contributed by atoms with E-state index in [9.17, 15) is 26.4 Å². The van der Waals surface area contributed by atoms with E-state index in [1.54, 1.807) is 22.2 Å². The topological polar surface area (TPSA) is 190 Å². The number of nitrogens with zero attached hydrogens (tertiary/aromatic N) is 4. The van der Waals surface area contributed by atoms with Crippen molar-refractivity contribution in [2.45, 2.75) is 114 Å². The molecule has 58 heavy (non-hydrogen) atoms. The number of benzene rings is 2. The van der Waals surface area contributed by atoms with Gasteiger partial charge in [0.2, 0.25) is 31.9 Å². The minimum atomic E-state index is -3.52. The summed E-state index contributed by atoms with van der Waals surface area (Å²) in [6, 6.07) is 14.3. The van der Waals surface area contributed by atoms with Crippen LogP contribution in [0.2, 0.25) is 0 Å². The molecule has 4 aliphatic rings. The van der Waals surface area contributed by atoms with Crippen molar-refractivity contribution in [1.82, 2.24) is 39.2 Å². The SMILES string of the molecule is CC(C)[C@H](NS(=O)(=O)C1CC1)C(=O)N1CCC[C@H]1c1ncc(-c2ccc(-c3ccc(-c4cnc([C@@H]5CCCN5C(=O)[C@@H](NS(=O)(=O)C5CC5)C(C)C)[nH]4)cc3)cc2)[nH]1. The number of carbonyl (C=O) groups excluding carboxylic acids is 2. The molecule has 2 saturated heterocycles. The Kier molecular flexibility index (Phi) is 11.1. The minimum absolute atomic E-state index is 0.192. The molecule has 4 aromatic rings. The van der Waals surface area contributed by atoms with Gasteiger partial charge in [0, 0.05) is 13.1 Å². The summed E-state index contributed by atoms with van der Waals surface area (Å²) in [5, 5.41) is -0.787. The Balaban J connectivity index is 0.911. The van der Waals surface area contributed by atoms with Crippen molar-refractivity contribution >= 4 is 31.9 Å². The van der Waals surface area contributed by atoms with E-state index in [-0.39, 0.29) is 35.7 Å². The van der Waals surface area contributed by atoms with Crippen LogP contribution in [0, 0.1) is 11.8 Å². The second kappa shape index (κ2) is 16.0. The summed E-state index contributed by atoms with van der Waals surface area (Å²) in [6.45, 7) is 8.58. The summed E-state index contributed by atoms with van der Waals surface area (Å²) in [6.07, 6.45) is 9.25. The van der Waals surface area contributed by atoms with Gasteiger partial charge in [-0.25, -0.2) is 36.2 Å². The van der Waals surface area contributed by atoms with Crippen LogP contribution in [0.5, 0.6) is 0 Å². The average molecular weight is 831 g/mol. The number of aromatic nitrogens is 4. The quantitative estimate of drug-likeness (QED) is 0.118. The zero-order chi connectivity index (χ0) is 40.9. The van der Waals surface area contributed by atoms with Crippen LogP contribution in [0.1, 0.15) is 103 Å². The number of nitrogens with one attached hydrogen (secondary N) is 4. The number of imidazole rings is 2. The normalized spacial score (nSPS) is 21.3. The van der Waals surface area contributed by atoms with E-state index in [1.165, 1.54) is 0 Å². The molecule has 4 N–H and O–H groups in total. The van der Waals surface area contributed by atoms with E-state index in [2.05, 4.69) is 53.6 Å². The smallest absolute Gasteiger partial charge is 0.241 e. The Hall–Kier alpha value is -4.38. The molecule has 0 unspecified atom stereocenters. The monoisotopic (exact) mass is 830 g/mol. The number of amides is 2. The minimum Gasteiger partial charge on any atom is -0.340 e. The van der Waals surface area contributed by atoms with Crippen LogP contribution in [0.4, 0.5) is 0 Å². The number of carbonyl (C=O) groups is 2. The lowest BCUT2D eigenvalue weighted by Gasteiger charge is -2.30. The standard InChI is InChI=1S/C42H54N8O6S2/c1-25(2)37(47-57(53,54)31-17-18-31)41(51)49-21-5-7-35(49)39-43-23-33(45-39)29-13-9-27(10-14-29)28-11-15-30(16-12-28)34-24-44-40(46-34)36-8-6-22-50(36)42(52)38(26(3)4)48-58(55,56)32-19-20-32/h9-16,23-26,31-32,35-38,47-48H,5-8,17-22H2,1-4H3,(H,43,45)(H,44,46)/t35-,36-,37-,38-/m0/s1. The van der Waals surface area contributed by atoms with Gasteiger partial charge < -0.3 is 19.8 Å². The van der Waals surface area contributed by atoms with E-state index < -0.39 is 42.6 Å². The molecule has 2 aromatic carbocycles. The second-order valence-corrected chi connectivity index (χ2v) is 21.1. The second-order valence-electron chi connectivity index (χ2n) is 17.1. The molecule has 310 valence electrons. The van der Waals surface area contributed by atoms with E-state index >= 15 is 0 Å². The largest absolute Gasteiger partial charge is 0.340 e. The molecule has 16 heteroatoms. The first-order valence-electron chi connectivity index (χ1n) is 20.6. The highest BCUT2D eigenvalue weighted by Crippen LogP contribution is 2.36. The number of aromatic amines is 2. The van der Waals surface area contributed by atoms with Gasteiger partial charge in [-0.05, 0) is 85.5 Å². The molecule has 4 fully saturated rings. The Morgan fingerprint density at radius 1 is 0.586 bits per heavy atom. The molecule has 0 radical (unpaired) electrons. The Labute approximate surface area is 341 Å². The molecule has 0 spiro atoms. The number of H-pyrrole nitrogens is 2. The third-order valence-electron chi connectivity index (χ3n) is 12.0. The molecule has 4 heterocycles. The van der Waals surface area contributed by atoms with Gasteiger partial charge in [-0.2, -0.15) is 0 Å². The fourth-order valence-corrected chi connectivity index (χ4v) is 11.6. The molecule has 2 saturated carbocycles. The molecule has 2 amide bonds. The summed E-state index contributed by atoms with van der Waals surface area (Å²) < 4.78 is 56.4. The first-order chi connectivity index (χ1) is 27.7. The Bertz CT molecular complexity index is 2180. The van der Waals surface area contributed by atoms with Crippen LogP contribution in [0.3, 0.4) is 0 Å². The predicted molar refractivity (Wildman–Crippen MR) is 222 cm³/mol. The van der Waals surface area contributed by atoms with Gasteiger partial charge in [-0.3, -0.25) is 9.59 Å². The first-order valence-corrected chi connectivity index (χ1v) is 23.7. The van der Waals surface area contributed by atoms with Crippen molar-refractivity contribution in [2.24, 2.45) is 11.8 Å².